The van der Waals surface area contributed by atoms with Crippen LogP contribution in [0.15, 0.2) is 80.9 Å². The number of halogens is 1. The van der Waals surface area contributed by atoms with Crippen molar-refractivity contribution in [3.8, 4) is 0 Å². The van der Waals surface area contributed by atoms with Crippen LogP contribution in [0.4, 0.5) is 5.69 Å². The first-order valence-corrected chi connectivity index (χ1v) is 11.9. The minimum atomic E-state index is -3.77. The van der Waals surface area contributed by atoms with E-state index >= 15 is 0 Å². The molecule has 29 heavy (non-hydrogen) atoms. The van der Waals surface area contributed by atoms with Gasteiger partial charge in [0, 0.05) is 10.2 Å². The summed E-state index contributed by atoms with van der Waals surface area (Å²) in [5.41, 5.74) is 3.15. The lowest BCUT2D eigenvalue weighted by Gasteiger charge is -2.10. The smallest absolute Gasteiger partial charge is 0.294 e. The molecule has 0 unspecified atom stereocenters. The topological polar surface area (TPSA) is 68.2 Å². The Labute approximate surface area is 180 Å². The number of hydrogen-bond acceptors (Lipinski definition) is 4. The molecule has 0 atom stereocenters. The second-order valence-electron chi connectivity index (χ2n) is 6.64. The number of rotatable bonds is 5. The van der Waals surface area contributed by atoms with Gasteiger partial charge in [0.25, 0.3) is 10.0 Å². The molecule has 1 aromatic heterocycles. The molecule has 0 aliphatic heterocycles. The first-order valence-electron chi connectivity index (χ1n) is 8.80. The van der Waals surface area contributed by atoms with Crippen molar-refractivity contribution in [1.82, 2.24) is 4.57 Å². The zero-order chi connectivity index (χ0) is 20.6. The maximum absolute atomic E-state index is 12.8. The Hall–Kier alpha value is -2.42. The molecule has 0 amide bonds. The first kappa shape index (κ1) is 19.9. The van der Waals surface area contributed by atoms with Crippen LogP contribution < -0.4 is 9.60 Å². The number of nitrogens with one attached hydrogen (secondary N) is 1. The van der Waals surface area contributed by atoms with Gasteiger partial charge in [-0.3, -0.25) is 14.1 Å². The molecule has 8 heteroatoms. The summed E-state index contributed by atoms with van der Waals surface area (Å²) in [7, 11) is -3.77. The number of hydrogen-bond donors (Lipinski definition) is 1. The number of aromatic nitrogens is 1. The normalized spacial score (nSPS) is 11.7. The van der Waals surface area contributed by atoms with Gasteiger partial charge in [0.05, 0.1) is 21.7 Å². The molecule has 0 saturated carbocycles. The largest absolute Gasteiger partial charge is 0.308 e. The molecule has 0 bridgehead atoms. The molecule has 0 saturated heterocycles. The lowest BCUT2D eigenvalue weighted by Crippen LogP contribution is -2.14. The van der Waals surface area contributed by atoms with Crippen molar-refractivity contribution in [3.05, 3.63) is 92.0 Å². The zero-order valence-corrected chi connectivity index (χ0v) is 18.6. The lowest BCUT2D eigenvalue weighted by atomic mass is 10.2. The van der Waals surface area contributed by atoms with Crippen molar-refractivity contribution in [2.24, 2.45) is 0 Å². The van der Waals surface area contributed by atoms with E-state index in [4.69, 9.17) is 0 Å². The van der Waals surface area contributed by atoms with Gasteiger partial charge in [0.2, 0.25) is 0 Å². The molecular weight excluding hydrogens is 472 g/mol. The van der Waals surface area contributed by atoms with E-state index < -0.39 is 10.0 Å². The highest BCUT2D eigenvalue weighted by molar-refractivity contribution is 9.10. The number of sulfonamides is 1. The zero-order valence-electron chi connectivity index (χ0n) is 15.4. The van der Waals surface area contributed by atoms with Gasteiger partial charge in [-0.05, 0) is 54.4 Å². The van der Waals surface area contributed by atoms with E-state index in [0.29, 0.717) is 16.9 Å². The fraction of sp³-hybridized carbons (Fsp3) is 0.0952. The van der Waals surface area contributed by atoms with Crippen molar-refractivity contribution in [1.29, 1.82) is 0 Å². The summed E-state index contributed by atoms with van der Waals surface area (Å²) in [6, 6.07) is 19.7. The Bertz CT molecular complexity index is 1360. The maximum atomic E-state index is 12.8. The third-order valence-electron chi connectivity index (χ3n) is 4.54. The van der Waals surface area contributed by atoms with E-state index in [1.807, 2.05) is 37.3 Å². The highest BCUT2D eigenvalue weighted by atomic mass is 79.9. The van der Waals surface area contributed by atoms with Crippen LogP contribution in [0.25, 0.3) is 10.2 Å². The molecule has 3 aromatic carbocycles. The third kappa shape index (κ3) is 4.14. The van der Waals surface area contributed by atoms with Crippen LogP contribution in [0.1, 0.15) is 11.1 Å². The van der Waals surface area contributed by atoms with E-state index in [-0.39, 0.29) is 9.77 Å². The van der Waals surface area contributed by atoms with E-state index in [2.05, 4.69) is 20.7 Å². The van der Waals surface area contributed by atoms with Crippen LogP contribution in [0.3, 0.4) is 0 Å². The SMILES string of the molecule is Cc1cc(NS(=O)(=O)c2ccc3c(c2)sc(=O)n3Cc2ccccc2)ccc1Br. The molecular formula is C21H17BrN2O3S2. The standard InChI is InChI=1S/C21H17BrN2O3S2/c1-14-11-16(7-9-18(14)22)23-29(26,27)17-8-10-19-20(12-17)28-21(25)24(19)13-15-5-3-2-4-6-15/h2-12,23H,13H2,1H3. The van der Waals surface area contributed by atoms with Gasteiger partial charge < -0.3 is 0 Å². The highest BCUT2D eigenvalue weighted by Gasteiger charge is 2.17. The van der Waals surface area contributed by atoms with Crippen LogP contribution in [0, 0.1) is 6.92 Å². The second kappa shape index (κ2) is 7.78. The van der Waals surface area contributed by atoms with Crippen molar-refractivity contribution in [3.63, 3.8) is 0 Å². The Morgan fingerprint density at radius 1 is 1.03 bits per heavy atom. The summed E-state index contributed by atoms with van der Waals surface area (Å²) in [5.74, 6) is 0. The quantitative estimate of drug-likeness (QED) is 0.430. The molecule has 0 fully saturated rings. The van der Waals surface area contributed by atoms with Gasteiger partial charge in [0.15, 0.2) is 0 Å². The van der Waals surface area contributed by atoms with E-state index in [9.17, 15) is 13.2 Å². The van der Waals surface area contributed by atoms with E-state index in [1.165, 1.54) is 6.07 Å². The minimum Gasteiger partial charge on any atom is -0.294 e. The Balaban J connectivity index is 1.68. The van der Waals surface area contributed by atoms with Gasteiger partial charge in [-0.25, -0.2) is 8.42 Å². The Morgan fingerprint density at radius 3 is 2.52 bits per heavy atom. The lowest BCUT2D eigenvalue weighted by molar-refractivity contribution is 0.601. The Kier molecular flexibility index (Phi) is 5.33. The van der Waals surface area contributed by atoms with Crippen molar-refractivity contribution in [2.45, 2.75) is 18.4 Å². The summed E-state index contributed by atoms with van der Waals surface area (Å²) in [5, 5.41) is 0. The second-order valence-corrected chi connectivity index (χ2v) is 10.2. The predicted octanol–water partition coefficient (Wildman–Crippen LogP) is 4.98. The molecule has 148 valence electrons. The molecule has 0 spiro atoms. The maximum Gasteiger partial charge on any atom is 0.308 e. The molecule has 1 N–H and O–H groups in total. The van der Waals surface area contributed by atoms with Crippen LogP contribution in [0.2, 0.25) is 0 Å². The highest BCUT2D eigenvalue weighted by Crippen LogP contribution is 2.26. The monoisotopic (exact) mass is 488 g/mol. The van der Waals surface area contributed by atoms with Gasteiger partial charge >= 0.3 is 4.87 Å². The van der Waals surface area contributed by atoms with Crippen molar-refractivity contribution >= 4 is 53.2 Å². The fourth-order valence-electron chi connectivity index (χ4n) is 3.05. The molecule has 0 aliphatic rings. The van der Waals surface area contributed by atoms with Crippen molar-refractivity contribution in [2.75, 3.05) is 4.72 Å². The Morgan fingerprint density at radius 2 is 1.79 bits per heavy atom. The molecule has 1 heterocycles. The number of thiazole rings is 1. The number of anilines is 1. The third-order valence-corrected chi connectivity index (χ3v) is 7.75. The molecule has 0 radical (unpaired) electrons. The summed E-state index contributed by atoms with van der Waals surface area (Å²) in [6.07, 6.45) is 0. The van der Waals surface area contributed by atoms with Crippen molar-refractivity contribution < 1.29 is 8.42 Å². The number of benzene rings is 3. The van der Waals surface area contributed by atoms with Crippen LogP contribution in [0.5, 0.6) is 0 Å². The first-order chi connectivity index (χ1) is 13.8. The van der Waals surface area contributed by atoms with Gasteiger partial charge in [-0.1, -0.05) is 57.6 Å². The molecule has 0 aliphatic carbocycles. The molecule has 4 aromatic rings. The number of fused-ring (bicyclic) bond motifs is 1. The molecule has 4 rings (SSSR count). The van der Waals surface area contributed by atoms with Crippen LogP contribution in [-0.2, 0) is 16.6 Å². The summed E-state index contributed by atoms with van der Waals surface area (Å²) >= 11 is 4.45. The average Bonchev–Trinajstić information content (AvgIpc) is 3.00. The van der Waals surface area contributed by atoms with Gasteiger partial charge in [-0.15, -0.1) is 0 Å². The summed E-state index contributed by atoms with van der Waals surface area (Å²) < 4.78 is 31.5. The fourth-order valence-corrected chi connectivity index (χ4v) is 5.38. The van der Waals surface area contributed by atoms with Crippen LogP contribution >= 0.6 is 27.3 Å². The summed E-state index contributed by atoms with van der Waals surface area (Å²) in [4.78, 5) is 12.5. The van der Waals surface area contributed by atoms with Crippen LogP contribution in [-0.4, -0.2) is 13.0 Å². The average molecular weight is 489 g/mol. The van der Waals surface area contributed by atoms with E-state index in [1.54, 1.807) is 34.9 Å². The predicted molar refractivity (Wildman–Crippen MR) is 121 cm³/mol. The molecule has 5 nitrogen and oxygen atoms in total. The number of nitrogens with zero attached hydrogens (tertiary/aromatic N) is 1. The minimum absolute atomic E-state index is 0.116. The van der Waals surface area contributed by atoms with E-state index in [0.717, 1.165) is 32.5 Å². The van der Waals surface area contributed by atoms with Gasteiger partial charge in [-0.2, -0.15) is 0 Å². The van der Waals surface area contributed by atoms with Gasteiger partial charge in [0.1, 0.15) is 0 Å². The summed E-state index contributed by atoms with van der Waals surface area (Å²) in [6.45, 7) is 2.34. The number of aryl methyl sites for hydroxylation is 1.